The van der Waals surface area contributed by atoms with Gasteiger partial charge in [0.25, 0.3) is 5.69 Å². The Bertz CT molecular complexity index is 441. The molecular formula is C12H14N2O2S. The molecule has 17 heavy (non-hydrogen) atoms. The monoisotopic (exact) mass is 250 g/mol. The summed E-state index contributed by atoms with van der Waals surface area (Å²) in [6.07, 6.45) is 5.13. The van der Waals surface area contributed by atoms with Gasteiger partial charge in [-0.3, -0.25) is 10.1 Å². The maximum Gasteiger partial charge on any atom is 0.274 e. The van der Waals surface area contributed by atoms with Gasteiger partial charge >= 0.3 is 0 Å². The number of nitrogens with zero attached hydrogens (tertiary/aromatic N) is 1. The van der Waals surface area contributed by atoms with E-state index >= 15 is 0 Å². The van der Waals surface area contributed by atoms with Crippen molar-refractivity contribution >= 4 is 23.1 Å². The lowest BCUT2D eigenvalue weighted by molar-refractivity contribution is -0.385. The summed E-state index contributed by atoms with van der Waals surface area (Å²) in [5, 5.41) is 13.9. The van der Waals surface area contributed by atoms with Gasteiger partial charge in [0, 0.05) is 29.6 Å². The third-order valence-electron chi connectivity index (χ3n) is 2.25. The molecule has 0 fully saturated rings. The zero-order valence-electron chi connectivity index (χ0n) is 9.60. The van der Waals surface area contributed by atoms with Crippen molar-refractivity contribution in [3.63, 3.8) is 0 Å². The van der Waals surface area contributed by atoms with Gasteiger partial charge in [-0.2, -0.15) is 0 Å². The van der Waals surface area contributed by atoms with Crippen LogP contribution in [0.5, 0.6) is 0 Å². The molecule has 4 nitrogen and oxygen atoms in total. The molecule has 0 heterocycles. The molecule has 5 heteroatoms. The number of terminal acetylenes is 1. The number of hydrogen-bond donors (Lipinski definition) is 1. The van der Waals surface area contributed by atoms with Gasteiger partial charge in [-0.1, -0.05) is 12.0 Å². The molecule has 0 saturated heterocycles. The highest BCUT2D eigenvalue weighted by Gasteiger charge is 2.12. The van der Waals surface area contributed by atoms with Crippen molar-refractivity contribution in [3.05, 3.63) is 33.9 Å². The maximum atomic E-state index is 10.7. The molecule has 0 unspecified atom stereocenters. The molecule has 0 spiro atoms. The lowest BCUT2D eigenvalue weighted by Crippen LogP contribution is -2.06. The molecule has 0 saturated carbocycles. The van der Waals surface area contributed by atoms with Crippen LogP contribution in [0.25, 0.3) is 0 Å². The Labute approximate surface area is 105 Å². The fraction of sp³-hybridized carbons (Fsp3) is 0.333. The molecule has 0 bridgehead atoms. The molecule has 0 aliphatic heterocycles. The Balaban J connectivity index is 2.57. The number of nitrogens with one attached hydrogen (secondary N) is 1. The lowest BCUT2D eigenvalue weighted by atomic mass is 10.1. The van der Waals surface area contributed by atoms with E-state index in [0.29, 0.717) is 11.3 Å². The largest absolute Gasteiger partial charge is 0.384 e. The fourth-order valence-corrected chi connectivity index (χ4v) is 1.91. The summed E-state index contributed by atoms with van der Waals surface area (Å²) in [6, 6.07) is 5.03. The average molecular weight is 250 g/mol. The van der Waals surface area contributed by atoms with Gasteiger partial charge in [0.1, 0.15) is 0 Å². The van der Waals surface area contributed by atoms with Crippen LogP contribution in [0.1, 0.15) is 5.56 Å². The SMILES string of the molecule is C#CCSCCNc1cccc([N+](=O)[O-])c1C. The van der Waals surface area contributed by atoms with Crippen molar-refractivity contribution in [2.75, 3.05) is 23.4 Å². The smallest absolute Gasteiger partial charge is 0.274 e. The van der Waals surface area contributed by atoms with Crippen molar-refractivity contribution < 1.29 is 4.92 Å². The number of hydrogen-bond acceptors (Lipinski definition) is 4. The number of nitro groups is 1. The van der Waals surface area contributed by atoms with Gasteiger partial charge in [0.15, 0.2) is 0 Å². The number of thioether (sulfide) groups is 1. The molecule has 0 aliphatic rings. The van der Waals surface area contributed by atoms with Crippen molar-refractivity contribution in [1.29, 1.82) is 0 Å². The van der Waals surface area contributed by atoms with Gasteiger partial charge in [0.05, 0.1) is 10.7 Å². The van der Waals surface area contributed by atoms with Crippen molar-refractivity contribution in [3.8, 4) is 12.3 Å². The summed E-state index contributed by atoms with van der Waals surface area (Å²) in [5.74, 6) is 4.12. The lowest BCUT2D eigenvalue weighted by Gasteiger charge is -2.08. The molecule has 1 aromatic rings. The Kier molecular flexibility index (Phi) is 5.37. The van der Waals surface area contributed by atoms with Crippen LogP contribution in [0.3, 0.4) is 0 Å². The highest BCUT2D eigenvalue weighted by molar-refractivity contribution is 7.99. The van der Waals surface area contributed by atoms with Crippen molar-refractivity contribution in [2.45, 2.75) is 6.92 Å². The van der Waals surface area contributed by atoms with Crippen LogP contribution in [-0.4, -0.2) is 23.0 Å². The Morgan fingerprint density at radius 2 is 2.35 bits per heavy atom. The first-order valence-electron chi connectivity index (χ1n) is 5.16. The molecule has 90 valence electrons. The summed E-state index contributed by atoms with van der Waals surface area (Å²) in [6.45, 7) is 2.49. The van der Waals surface area contributed by atoms with Gasteiger partial charge < -0.3 is 5.32 Å². The molecular weight excluding hydrogens is 236 g/mol. The predicted molar refractivity (Wildman–Crippen MR) is 72.5 cm³/mol. The van der Waals surface area contributed by atoms with Gasteiger partial charge in [-0.25, -0.2) is 0 Å². The molecule has 1 N–H and O–H groups in total. The van der Waals surface area contributed by atoms with Crippen LogP contribution in [0, 0.1) is 29.4 Å². The quantitative estimate of drug-likeness (QED) is 0.365. The molecule has 0 radical (unpaired) electrons. The van der Waals surface area contributed by atoms with E-state index in [2.05, 4.69) is 11.2 Å². The second-order valence-corrected chi connectivity index (χ2v) is 4.50. The Hall–Kier alpha value is -1.67. The van der Waals surface area contributed by atoms with E-state index in [9.17, 15) is 10.1 Å². The highest BCUT2D eigenvalue weighted by Crippen LogP contribution is 2.24. The van der Waals surface area contributed by atoms with Crippen LogP contribution in [0.15, 0.2) is 18.2 Å². The summed E-state index contributed by atoms with van der Waals surface area (Å²) < 4.78 is 0. The van der Waals surface area contributed by atoms with E-state index in [0.717, 1.165) is 18.0 Å². The van der Waals surface area contributed by atoms with Crippen LogP contribution >= 0.6 is 11.8 Å². The van der Waals surface area contributed by atoms with E-state index < -0.39 is 0 Å². The van der Waals surface area contributed by atoms with Crippen molar-refractivity contribution in [1.82, 2.24) is 0 Å². The summed E-state index contributed by atoms with van der Waals surface area (Å²) in [4.78, 5) is 10.4. The van der Waals surface area contributed by atoms with E-state index in [4.69, 9.17) is 6.42 Å². The minimum absolute atomic E-state index is 0.145. The van der Waals surface area contributed by atoms with E-state index in [1.165, 1.54) is 6.07 Å². The van der Waals surface area contributed by atoms with Crippen LogP contribution in [0.4, 0.5) is 11.4 Å². The number of rotatable bonds is 6. The van der Waals surface area contributed by atoms with E-state index in [1.54, 1.807) is 24.8 Å². The van der Waals surface area contributed by atoms with E-state index in [-0.39, 0.29) is 10.6 Å². The van der Waals surface area contributed by atoms with Gasteiger partial charge in [0.2, 0.25) is 0 Å². The summed E-state index contributed by atoms with van der Waals surface area (Å²) >= 11 is 1.66. The second kappa shape index (κ2) is 6.81. The maximum absolute atomic E-state index is 10.7. The fourth-order valence-electron chi connectivity index (χ4n) is 1.40. The Morgan fingerprint density at radius 1 is 1.59 bits per heavy atom. The second-order valence-electron chi connectivity index (χ2n) is 3.39. The third-order valence-corrected chi connectivity index (χ3v) is 3.11. The first-order chi connectivity index (χ1) is 8.16. The Morgan fingerprint density at radius 3 is 3.00 bits per heavy atom. The minimum Gasteiger partial charge on any atom is -0.384 e. The van der Waals surface area contributed by atoms with Crippen LogP contribution < -0.4 is 5.32 Å². The summed E-state index contributed by atoms with van der Waals surface area (Å²) in [7, 11) is 0. The number of anilines is 1. The van der Waals surface area contributed by atoms with Gasteiger partial charge in [-0.05, 0) is 13.0 Å². The molecule has 0 amide bonds. The highest BCUT2D eigenvalue weighted by atomic mass is 32.2. The first-order valence-corrected chi connectivity index (χ1v) is 6.31. The third kappa shape index (κ3) is 4.00. The molecule has 0 atom stereocenters. The zero-order chi connectivity index (χ0) is 12.7. The predicted octanol–water partition coefficient (Wildman–Crippen LogP) is 2.68. The molecule has 1 aromatic carbocycles. The van der Waals surface area contributed by atoms with Crippen LogP contribution in [0.2, 0.25) is 0 Å². The minimum atomic E-state index is -0.367. The molecule has 1 rings (SSSR count). The molecule has 0 aromatic heterocycles. The standard InChI is InChI=1S/C12H14N2O2S/c1-3-8-17-9-7-13-11-5-4-6-12(10(11)2)14(15)16/h1,4-6,13H,7-9H2,2H3. The first kappa shape index (κ1) is 13.4. The average Bonchev–Trinajstić information content (AvgIpc) is 2.30. The topological polar surface area (TPSA) is 55.2 Å². The van der Waals surface area contributed by atoms with Crippen LogP contribution in [-0.2, 0) is 0 Å². The summed E-state index contributed by atoms with van der Waals surface area (Å²) in [5.41, 5.74) is 1.62. The van der Waals surface area contributed by atoms with Gasteiger partial charge in [-0.15, -0.1) is 18.2 Å². The van der Waals surface area contributed by atoms with E-state index in [1.807, 2.05) is 6.07 Å². The molecule has 0 aliphatic carbocycles. The zero-order valence-corrected chi connectivity index (χ0v) is 10.4. The number of benzene rings is 1. The number of nitro benzene ring substituents is 1. The van der Waals surface area contributed by atoms with Crippen molar-refractivity contribution in [2.24, 2.45) is 0 Å². The normalized spacial score (nSPS) is 9.65.